The molecule has 1 unspecified atom stereocenters. The highest BCUT2D eigenvalue weighted by atomic mass is 32.2. The number of carbonyl (C=O) groups is 1. The van der Waals surface area contributed by atoms with Crippen molar-refractivity contribution < 1.29 is 9.53 Å². The summed E-state index contributed by atoms with van der Waals surface area (Å²) in [7, 11) is 0. The summed E-state index contributed by atoms with van der Waals surface area (Å²) in [5.74, 6) is 1.12. The lowest BCUT2D eigenvalue weighted by Crippen LogP contribution is -2.34. The lowest BCUT2D eigenvalue weighted by Gasteiger charge is -2.14. The van der Waals surface area contributed by atoms with Crippen LogP contribution in [0.4, 0.5) is 0 Å². The van der Waals surface area contributed by atoms with E-state index in [9.17, 15) is 9.59 Å². The number of hydrogen-bond acceptors (Lipinski definition) is 5. The molecule has 1 aromatic rings. The predicted octanol–water partition coefficient (Wildman–Crippen LogP) is 2.70. The highest BCUT2D eigenvalue weighted by molar-refractivity contribution is 7.99. The van der Waals surface area contributed by atoms with Gasteiger partial charge in [-0.2, -0.15) is 0 Å². The van der Waals surface area contributed by atoms with Crippen molar-refractivity contribution in [3.05, 3.63) is 22.1 Å². The van der Waals surface area contributed by atoms with Crippen LogP contribution in [0.15, 0.2) is 16.1 Å². The van der Waals surface area contributed by atoms with Crippen molar-refractivity contribution in [3.63, 3.8) is 0 Å². The average molecular weight is 368 g/mol. The van der Waals surface area contributed by atoms with Crippen molar-refractivity contribution in [1.82, 2.24) is 14.9 Å². The second-order valence-electron chi connectivity index (χ2n) is 6.36. The van der Waals surface area contributed by atoms with Gasteiger partial charge in [-0.1, -0.05) is 44.9 Å². The second-order valence-corrected chi connectivity index (χ2v) is 7.42. The van der Waals surface area contributed by atoms with E-state index in [-0.39, 0.29) is 17.0 Å². The number of nitrogens with one attached hydrogen (secondary N) is 1. The highest BCUT2D eigenvalue weighted by Crippen LogP contribution is 2.20. The van der Waals surface area contributed by atoms with E-state index < -0.39 is 0 Å². The van der Waals surface area contributed by atoms with Gasteiger partial charge in [0.05, 0.1) is 0 Å². The number of hydrogen-bond donors (Lipinski definition) is 1. The summed E-state index contributed by atoms with van der Waals surface area (Å²) in [6.07, 6.45) is 6.96. The zero-order valence-corrected chi connectivity index (χ0v) is 16.1. The van der Waals surface area contributed by atoms with Gasteiger partial charge in [0.2, 0.25) is 0 Å². The van der Waals surface area contributed by atoms with Gasteiger partial charge < -0.3 is 10.1 Å². The third-order valence-electron chi connectivity index (χ3n) is 4.45. The van der Waals surface area contributed by atoms with E-state index in [1.807, 2.05) is 0 Å². The molecule has 6 nitrogen and oxygen atoms in total. The van der Waals surface area contributed by atoms with E-state index in [0.717, 1.165) is 25.2 Å². The number of unbranched alkanes of at least 4 members (excludes halogenated alkanes) is 1. The molecule has 0 spiro atoms. The smallest absolute Gasteiger partial charge is 0.267 e. The molecule has 1 aromatic heterocycles. The van der Waals surface area contributed by atoms with E-state index >= 15 is 0 Å². The summed E-state index contributed by atoms with van der Waals surface area (Å²) in [5, 5.41) is 3.49. The molecule has 1 atom stereocenters. The van der Waals surface area contributed by atoms with E-state index in [1.54, 1.807) is 16.3 Å². The first-order valence-corrected chi connectivity index (χ1v) is 10.2. The van der Waals surface area contributed by atoms with Crippen molar-refractivity contribution in [2.75, 3.05) is 25.5 Å². The first kappa shape index (κ1) is 20.0. The van der Waals surface area contributed by atoms with Crippen LogP contribution in [0.5, 0.6) is 0 Å². The number of aromatic nitrogens is 2. The Hall–Kier alpha value is -1.34. The van der Waals surface area contributed by atoms with Crippen molar-refractivity contribution in [2.45, 2.75) is 57.7 Å². The Morgan fingerprint density at radius 2 is 2.28 bits per heavy atom. The molecule has 1 aliphatic rings. The number of carbonyl (C=O) groups excluding carboxylic acids is 1. The lowest BCUT2D eigenvalue weighted by molar-refractivity contribution is 0.0874. The molecule has 0 aliphatic carbocycles. The molecule has 0 saturated carbocycles. The van der Waals surface area contributed by atoms with Crippen LogP contribution in [0.2, 0.25) is 0 Å². The fourth-order valence-corrected chi connectivity index (χ4v) is 3.71. The van der Waals surface area contributed by atoms with E-state index in [2.05, 4.69) is 24.1 Å². The molecule has 25 heavy (non-hydrogen) atoms. The summed E-state index contributed by atoms with van der Waals surface area (Å²) >= 11 is 1.54. The van der Waals surface area contributed by atoms with Crippen LogP contribution >= 0.6 is 11.8 Å². The first-order valence-electron chi connectivity index (χ1n) is 9.25. The minimum atomic E-state index is -0.348. The maximum atomic E-state index is 12.3. The van der Waals surface area contributed by atoms with Crippen LogP contribution < -0.4 is 10.9 Å². The van der Waals surface area contributed by atoms with Gasteiger partial charge >= 0.3 is 0 Å². The number of fused-ring (bicyclic) bond motifs is 1. The summed E-state index contributed by atoms with van der Waals surface area (Å²) < 4.78 is 7.30. The predicted molar refractivity (Wildman–Crippen MR) is 100 cm³/mol. The molecule has 0 radical (unpaired) electrons. The zero-order valence-electron chi connectivity index (χ0n) is 15.3. The van der Waals surface area contributed by atoms with Crippen LogP contribution in [-0.4, -0.2) is 41.0 Å². The Bertz CT molecular complexity index is 618. The van der Waals surface area contributed by atoms with E-state index in [4.69, 9.17) is 4.74 Å². The fraction of sp³-hybridized carbons (Fsp3) is 0.722. The normalized spacial score (nSPS) is 14.3. The molecule has 2 heterocycles. The molecule has 1 amide bonds. The van der Waals surface area contributed by atoms with Gasteiger partial charge in [0, 0.05) is 38.3 Å². The Morgan fingerprint density at radius 1 is 1.44 bits per heavy atom. The average Bonchev–Trinajstić information content (AvgIpc) is 3.10. The molecule has 0 aromatic carbocycles. The topological polar surface area (TPSA) is 73.2 Å². The molecule has 2 rings (SSSR count). The Labute approximate surface area is 153 Å². The first-order chi connectivity index (χ1) is 12.2. The quantitative estimate of drug-likeness (QED) is 0.481. The van der Waals surface area contributed by atoms with Crippen LogP contribution in [0, 0.1) is 5.92 Å². The minimum absolute atomic E-state index is 0.123. The maximum Gasteiger partial charge on any atom is 0.267 e. The van der Waals surface area contributed by atoms with E-state index in [0.29, 0.717) is 30.8 Å². The molecule has 7 heteroatoms. The van der Waals surface area contributed by atoms with Gasteiger partial charge in [0.15, 0.2) is 5.16 Å². The number of nitrogens with zero attached hydrogens (tertiary/aromatic N) is 2. The monoisotopic (exact) mass is 367 g/mol. The molecule has 1 N–H and O–H groups in total. The zero-order chi connectivity index (χ0) is 18.1. The van der Waals surface area contributed by atoms with Gasteiger partial charge in [-0.05, 0) is 18.8 Å². The van der Waals surface area contributed by atoms with Crippen molar-refractivity contribution in [2.24, 2.45) is 5.92 Å². The van der Waals surface area contributed by atoms with Crippen LogP contribution in [0.1, 0.15) is 56.3 Å². The van der Waals surface area contributed by atoms with Crippen LogP contribution in [0.3, 0.4) is 0 Å². The highest BCUT2D eigenvalue weighted by Gasteiger charge is 2.19. The standard InChI is InChI=1S/C18H29N3O3S/c1-3-5-7-14(4-2)13-24-10-6-8-19-16(22)15-12-20-18-21(17(15)23)9-11-25-18/h12,14H,3-11,13H2,1-2H3,(H,19,22). The second kappa shape index (κ2) is 10.6. The molecular weight excluding hydrogens is 338 g/mol. The molecular formula is C18H29N3O3S. The summed E-state index contributed by atoms with van der Waals surface area (Å²) in [5.41, 5.74) is -0.122. The Morgan fingerprint density at radius 3 is 3.04 bits per heavy atom. The maximum absolute atomic E-state index is 12.3. The Balaban J connectivity index is 1.67. The summed E-state index contributed by atoms with van der Waals surface area (Å²) in [4.78, 5) is 28.6. The van der Waals surface area contributed by atoms with Gasteiger partial charge in [-0.3, -0.25) is 14.2 Å². The number of thioether (sulfide) groups is 1. The third-order valence-corrected chi connectivity index (χ3v) is 5.42. The fourth-order valence-electron chi connectivity index (χ4n) is 2.79. The van der Waals surface area contributed by atoms with Crippen molar-refractivity contribution in [1.29, 1.82) is 0 Å². The van der Waals surface area contributed by atoms with Gasteiger partial charge in [0.1, 0.15) is 5.56 Å². The van der Waals surface area contributed by atoms with Gasteiger partial charge in [-0.15, -0.1) is 0 Å². The van der Waals surface area contributed by atoms with E-state index in [1.165, 1.54) is 25.5 Å². The van der Waals surface area contributed by atoms with Crippen molar-refractivity contribution >= 4 is 17.7 Å². The SMILES string of the molecule is CCCCC(CC)COCCCNC(=O)c1cnc2n(c1=O)CCS2. The number of amides is 1. The summed E-state index contributed by atoms with van der Waals surface area (Å²) in [6, 6.07) is 0. The third kappa shape index (κ3) is 5.85. The molecule has 1 aliphatic heterocycles. The molecule has 0 saturated heterocycles. The van der Waals surface area contributed by atoms with Gasteiger partial charge in [-0.25, -0.2) is 4.98 Å². The van der Waals surface area contributed by atoms with Crippen LogP contribution in [0.25, 0.3) is 0 Å². The molecule has 0 bridgehead atoms. The summed E-state index contributed by atoms with van der Waals surface area (Å²) in [6.45, 7) is 6.94. The molecule has 140 valence electrons. The molecule has 0 fully saturated rings. The minimum Gasteiger partial charge on any atom is -0.381 e. The van der Waals surface area contributed by atoms with Crippen LogP contribution in [-0.2, 0) is 11.3 Å². The number of ether oxygens (including phenoxy) is 1. The van der Waals surface area contributed by atoms with Gasteiger partial charge in [0.25, 0.3) is 11.5 Å². The lowest BCUT2D eigenvalue weighted by atomic mass is 10.0. The Kier molecular flexibility index (Phi) is 8.48. The number of rotatable bonds is 11. The van der Waals surface area contributed by atoms with Crippen molar-refractivity contribution in [3.8, 4) is 0 Å². The largest absolute Gasteiger partial charge is 0.381 e.